The lowest BCUT2D eigenvalue weighted by Crippen LogP contribution is -2.52. The third-order valence-corrected chi connectivity index (χ3v) is 5.04. The highest BCUT2D eigenvalue weighted by Crippen LogP contribution is 2.27. The van der Waals surface area contributed by atoms with E-state index in [0.717, 1.165) is 32.1 Å². The Morgan fingerprint density at radius 2 is 2.17 bits per heavy atom. The normalized spacial score (nSPS) is 32.1. The van der Waals surface area contributed by atoms with E-state index in [1.54, 1.807) is 0 Å². The second kappa shape index (κ2) is 6.89. The molecular weight excluding hydrogens is 288 g/mol. The van der Waals surface area contributed by atoms with Crippen LogP contribution >= 0.6 is 0 Å². The van der Waals surface area contributed by atoms with Gasteiger partial charge < -0.3 is 20.3 Å². The number of hydrogen-bond acceptors (Lipinski definition) is 5. The summed E-state index contributed by atoms with van der Waals surface area (Å²) < 4.78 is 6.26. The molecule has 2 aliphatic heterocycles. The maximum atomic E-state index is 6.26. The van der Waals surface area contributed by atoms with Gasteiger partial charge in [-0.3, -0.25) is 0 Å². The first-order valence-electron chi connectivity index (χ1n) is 8.54. The maximum absolute atomic E-state index is 6.26. The molecule has 0 bridgehead atoms. The van der Waals surface area contributed by atoms with Gasteiger partial charge in [0.25, 0.3) is 6.02 Å². The van der Waals surface area contributed by atoms with Crippen LogP contribution in [0.15, 0.2) is 40.4 Å². The van der Waals surface area contributed by atoms with Gasteiger partial charge in [-0.2, -0.15) is 0 Å². The number of rotatable bonds is 2. The highest BCUT2D eigenvalue weighted by Gasteiger charge is 2.34. The third kappa shape index (κ3) is 3.51. The average Bonchev–Trinajstić information content (AvgIpc) is 2.78. The van der Waals surface area contributed by atoms with Crippen LogP contribution in [0.25, 0.3) is 0 Å². The SMILES string of the molecule is C[C@@H]1N=C(N2CCN(C)[C@H](C)C2)O[C@H]1C1=CC=CC(CN)=CC1. The van der Waals surface area contributed by atoms with Gasteiger partial charge in [0.05, 0.1) is 6.04 Å². The molecule has 0 spiro atoms. The molecule has 0 radical (unpaired) electrons. The molecule has 0 aromatic heterocycles. The van der Waals surface area contributed by atoms with Gasteiger partial charge in [0.15, 0.2) is 0 Å². The zero-order chi connectivity index (χ0) is 16.4. The summed E-state index contributed by atoms with van der Waals surface area (Å²) in [5.74, 6) is 0. The molecule has 3 aliphatic rings. The predicted molar refractivity (Wildman–Crippen MR) is 94.4 cm³/mol. The molecule has 2 N–H and O–H groups in total. The summed E-state index contributed by atoms with van der Waals surface area (Å²) >= 11 is 0. The van der Waals surface area contributed by atoms with Crippen molar-refractivity contribution in [2.45, 2.75) is 38.5 Å². The zero-order valence-electron chi connectivity index (χ0n) is 14.4. The number of allylic oxidation sites excluding steroid dienone is 3. The number of amidine groups is 1. The summed E-state index contributed by atoms with van der Waals surface area (Å²) in [5, 5.41) is 0. The van der Waals surface area contributed by atoms with Crippen LogP contribution in [-0.4, -0.2) is 67.2 Å². The van der Waals surface area contributed by atoms with Crippen LogP contribution in [0.1, 0.15) is 20.3 Å². The minimum Gasteiger partial charge on any atom is -0.455 e. The lowest BCUT2D eigenvalue weighted by atomic mass is 10.0. The number of ether oxygens (including phenoxy) is 1. The van der Waals surface area contributed by atoms with E-state index >= 15 is 0 Å². The van der Waals surface area contributed by atoms with Gasteiger partial charge in [0.2, 0.25) is 0 Å². The monoisotopic (exact) mass is 316 g/mol. The van der Waals surface area contributed by atoms with Crippen molar-refractivity contribution in [1.82, 2.24) is 9.80 Å². The molecule has 3 rings (SSSR count). The molecule has 0 aromatic carbocycles. The number of hydrogen-bond donors (Lipinski definition) is 1. The molecule has 5 nitrogen and oxygen atoms in total. The van der Waals surface area contributed by atoms with Crippen molar-refractivity contribution in [3.63, 3.8) is 0 Å². The standard InChI is InChI=1S/C18H28N4O/c1-13-12-22(10-9-21(13)3)18-20-14(2)17(23-18)16-6-4-5-15(11-19)7-8-16/h4-7,13-14,17H,8-12,19H2,1-3H3/t13-,14+,17-/m1/s1. The number of nitrogens with two attached hydrogens (primary N) is 1. The number of aliphatic imine (C=N–C) groups is 1. The zero-order valence-corrected chi connectivity index (χ0v) is 14.4. The summed E-state index contributed by atoms with van der Waals surface area (Å²) in [6.45, 7) is 7.98. The average molecular weight is 316 g/mol. The molecule has 0 amide bonds. The van der Waals surface area contributed by atoms with Gasteiger partial charge in [-0.25, -0.2) is 4.99 Å². The molecular formula is C18H28N4O. The van der Waals surface area contributed by atoms with Gasteiger partial charge in [0, 0.05) is 32.2 Å². The quantitative estimate of drug-likeness (QED) is 0.839. The van der Waals surface area contributed by atoms with Crippen molar-refractivity contribution in [2.75, 3.05) is 33.2 Å². The van der Waals surface area contributed by atoms with Crippen molar-refractivity contribution in [2.24, 2.45) is 10.7 Å². The molecule has 23 heavy (non-hydrogen) atoms. The lowest BCUT2D eigenvalue weighted by molar-refractivity contribution is 0.119. The van der Waals surface area contributed by atoms with Crippen LogP contribution < -0.4 is 5.73 Å². The molecule has 1 aliphatic carbocycles. The Kier molecular flexibility index (Phi) is 4.87. The lowest BCUT2D eigenvalue weighted by Gasteiger charge is -2.38. The van der Waals surface area contributed by atoms with E-state index in [4.69, 9.17) is 15.5 Å². The highest BCUT2D eigenvalue weighted by atomic mass is 16.5. The molecule has 2 heterocycles. The Hall–Kier alpha value is -1.59. The van der Waals surface area contributed by atoms with Crippen LogP contribution in [-0.2, 0) is 4.74 Å². The first-order valence-corrected chi connectivity index (χ1v) is 8.54. The van der Waals surface area contributed by atoms with E-state index in [2.05, 4.69) is 55.0 Å². The Labute approximate surface area is 139 Å². The summed E-state index contributed by atoms with van der Waals surface area (Å²) in [4.78, 5) is 9.46. The fraction of sp³-hybridized carbons (Fsp3) is 0.611. The molecule has 1 fully saturated rings. The number of piperazine rings is 1. The third-order valence-electron chi connectivity index (χ3n) is 5.04. The second-order valence-electron chi connectivity index (χ2n) is 6.75. The van der Waals surface area contributed by atoms with Gasteiger partial charge in [-0.05, 0) is 38.5 Å². The number of nitrogens with zero attached hydrogens (tertiary/aromatic N) is 3. The van der Waals surface area contributed by atoms with E-state index < -0.39 is 0 Å². The predicted octanol–water partition coefficient (Wildman–Crippen LogP) is 1.54. The van der Waals surface area contributed by atoms with E-state index in [9.17, 15) is 0 Å². The van der Waals surface area contributed by atoms with Gasteiger partial charge in [-0.1, -0.05) is 24.3 Å². The second-order valence-corrected chi connectivity index (χ2v) is 6.75. The molecule has 1 saturated heterocycles. The van der Waals surface area contributed by atoms with Crippen molar-refractivity contribution in [3.05, 3.63) is 35.5 Å². The van der Waals surface area contributed by atoms with Crippen LogP contribution in [0.5, 0.6) is 0 Å². The van der Waals surface area contributed by atoms with Crippen molar-refractivity contribution >= 4 is 6.02 Å². The topological polar surface area (TPSA) is 54.1 Å². The maximum Gasteiger partial charge on any atom is 0.288 e. The first-order chi connectivity index (χ1) is 11.1. The molecule has 5 heteroatoms. The fourth-order valence-corrected chi connectivity index (χ4v) is 3.29. The number of likely N-dealkylation sites (N-methyl/N-ethyl adjacent to an activating group) is 1. The summed E-state index contributed by atoms with van der Waals surface area (Å²) in [6.07, 6.45) is 9.44. The summed E-state index contributed by atoms with van der Waals surface area (Å²) in [6, 6.07) is 1.51. The summed E-state index contributed by atoms with van der Waals surface area (Å²) in [5.41, 5.74) is 8.19. The van der Waals surface area contributed by atoms with Crippen LogP contribution in [0.2, 0.25) is 0 Å². The van der Waals surface area contributed by atoms with Crippen LogP contribution in [0.4, 0.5) is 0 Å². The molecule has 0 saturated carbocycles. The molecule has 3 atom stereocenters. The van der Waals surface area contributed by atoms with Gasteiger partial charge >= 0.3 is 0 Å². The van der Waals surface area contributed by atoms with Crippen molar-refractivity contribution in [3.8, 4) is 0 Å². The van der Waals surface area contributed by atoms with E-state index in [-0.39, 0.29) is 12.1 Å². The van der Waals surface area contributed by atoms with Gasteiger partial charge in [-0.15, -0.1) is 0 Å². The molecule has 0 unspecified atom stereocenters. The van der Waals surface area contributed by atoms with Crippen LogP contribution in [0, 0.1) is 0 Å². The van der Waals surface area contributed by atoms with E-state index in [1.807, 2.05) is 0 Å². The van der Waals surface area contributed by atoms with Crippen molar-refractivity contribution < 1.29 is 4.74 Å². The Bertz CT molecular complexity index is 563. The summed E-state index contributed by atoms with van der Waals surface area (Å²) in [7, 11) is 2.18. The largest absolute Gasteiger partial charge is 0.455 e. The van der Waals surface area contributed by atoms with E-state index in [0.29, 0.717) is 12.6 Å². The first kappa shape index (κ1) is 16.3. The van der Waals surface area contributed by atoms with E-state index in [1.165, 1.54) is 11.1 Å². The molecule has 126 valence electrons. The Balaban J connectivity index is 1.66. The Morgan fingerprint density at radius 1 is 1.35 bits per heavy atom. The van der Waals surface area contributed by atoms with Crippen molar-refractivity contribution in [1.29, 1.82) is 0 Å². The Morgan fingerprint density at radius 3 is 2.91 bits per heavy atom. The minimum atomic E-state index is 0.0398. The smallest absolute Gasteiger partial charge is 0.288 e. The van der Waals surface area contributed by atoms with Gasteiger partial charge in [0.1, 0.15) is 6.10 Å². The minimum absolute atomic E-state index is 0.0398. The van der Waals surface area contributed by atoms with Crippen LogP contribution in [0.3, 0.4) is 0 Å². The highest BCUT2D eigenvalue weighted by molar-refractivity contribution is 5.76. The molecule has 0 aromatic rings. The fourth-order valence-electron chi connectivity index (χ4n) is 3.29.